The van der Waals surface area contributed by atoms with E-state index in [4.69, 9.17) is 20.1 Å². The lowest BCUT2D eigenvalue weighted by Crippen LogP contribution is -2.51. The number of aliphatic hydroxyl groups is 4. The van der Waals surface area contributed by atoms with Crippen LogP contribution in [-0.2, 0) is 4.74 Å². The van der Waals surface area contributed by atoms with Gasteiger partial charge < -0.3 is 25.2 Å². The van der Waals surface area contributed by atoms with E-state index in [-0.39, 0.29) is 13.0 Å². The van der Waals surface area contributed by atoms with Crippen molar-refractivity contribution >= 4 is 0 Å². The maximum absolute atomic E-state index is 9.22. The third-order valence-corrected chi connectivity index (χ3v) is 1.74. The Balaban J connectivity index is 2.51. The van der Waals surface area contributed by atoms with Crippen LogP contribution in [0.25, 0.3) is 0 Å². The van der Waals surface area contributed by atoms with Gasteiger partial charge in [0.1, 0.15) is 6.10 Å². The fraction of sp³-hybridized carbons (Fsp3) is 1.00. The number of aliphatic hydroxyl groups excluding tert-OH is 3. The van der Waals surface area contributed by atoms with Gasteiger partial charge in [-0.1, -0.05) is 0 Å². The summed E-state index contributed by atoms with van der Waals surface area (Å²) in [7, 11) is 0. The van der Waals surface area contributed by atoms with E-state index < -0.39 is 24.6 Å². The molecule has 0 amide bonds. The second-order valence-electron chi connectivity index (χ2n) is 2.75. The Labute approximate surface area is 63.8 Å². The lowest BCUT2D eigenvalue weighted by Gasteiger charge is -2.35. The lowest BCUT2D eigenvalue weighted by molar-refractivity contribution is -0.282. The van der Waals surface area contributed by atoms with Crippen molar-refractivity contribution in [2.45, 2.75) is 24.4 Å². The Morgan fingerprint density at radius 2 is 2.00 bits per heavy atom. The van der Waals surface area contributed by atoms with Gasteiger partial charge in [0, 0.05) is 6.42 Å². The molecule has 11 heavy (non-hydrogen) atoms. The largest absolute Gasteiger partial charge is 0.391 e. The van der Waals surface area contributed by atoms with Crippen molar-refractivity contribution in [3.8, 4) is 0 Å². The second kappa shape index (κ2) is 3.04. The van der Waals surface area contributed by atoms with Gasteiger partial charge in [-0.25, -0.2) is 0 Å². The first kappa shape index (κ1) is 8.89. The van der Waals surface area contributed by atoms with Gasteiger partial charge in [-0.05, 0) is 0 Å². The Hall–Kier alpha value is -0.200. The Morgan fingerprint density at radius 3 is 2.45 bits per heavy atom. The van der Waals surface area contributed by atoms with E-state index in [1.807, 2.05) is 0 Å². The van der Waals surface area contributed by atoms with Crippen molar-refractivity contribution in [3.05, 3.63) is 0 Å². The molecule has 0 bridgehead atoms. The zero-order chi connectivity index (χ0) is 8.48. The minimum Gasteiger partial charge on any atom is -0.391 e. The molecule has 0 saturated carbocycles. The molecule has 1 heterocycles. The average Bonchev–Trinajstić information content (AvgIpc) is 1.98. The first-order valence-corrected chi connectivity index (χ1v) is 3.41. The summed E-state index contributed by atoms with van der Waals surface area (Å²) >= 11 is 0. The molecule has 5 nitrogen and oxygen atoms in total. The molecule has 5 heteroatoms. The van der Waals surface area contributed by atoms with E-state index in [0.29, 0.717) is 0 Å². The smallest absolute Gasteiger partial charge is 0.191 e. The Bertz CT molecular complexity index is 139. The number of rotatable bonds is 1. The van der Waals surface area contributed by atoms with E-state index >= 15 is 0 Å². The van der Waals surface area contributed by atoms with Crippen LogP contribution in [0.4, 0.5) is 0 Å². The summed E-state index contributed by atoms with van der Waals surface area (Å²) < 4.78 is 4.69. The minimum atomic E-state index is -1.68. The van der Waals surface area contributed by atoms with Crippen LogP contribution in [-0.4, -0.2) is 51.6 Å². The van der Waals surface area contributed by atoms with Gasteiger partial charge >= 0.3 is 0 Å². The SMILES string of the molecule is OC[C@@]1(O)C[C@H](O)[C@H](O)CO1. The molecular weight excluding hydrogens is 152 g/mol. The molecule has 1 aliphatic rings. The van der Waals surface area contributed by atoms with Crippen molar-refractivity contribution in [1.82, 2.24) is 0 Å². The van der Waals surface area contributed by atoms with Gasteiger partial charge in [-0.3, -0.25) is 0 Å². The zero-order valence-corrected chi connectivity index (χ0v) is 5.97. The predicted molar refractivity (Wildman–Crippen MR) is 34.6 cm³/mol. The molecule has 4 N–H and O–H groups in total. The summed E-state index contributed by atoms with van der Waals surface area (Å²) in [5.74, 6) is -1.68. The Morgan fingerprint density at radius 1 is 1.36 bits per heavy atom. The first-order valence-electron chi connectivity index (χ1n) is 3.41. The molecule has 1 fully saturated rings. The van der Waals surface area contributed by atoms with E-state index in [2.05, 4.69) is 0 Å². The molecule has 0 aromatic rings. The number of hydrogen-bond acceptors (Lipinski definition) is 5. The first-order chi connectivity index (χ1) is 5.07. The van der Waals surface area contributed by atoms with E-state index in [1.165, 1.54) is 0 Å². The van der Waals surface area contributed by atoms with Crippen molar-refractivity contribution in [3.63, 3.8) is 0 Å². The van der Waals surface area contributed by atoms with Crippen LogP contribution in [0.2, 0.25) is 0 Å². The summed E-state index contributed by atoms with van der Waals surface area (Å²) in [4.78, 5) is 0. The maximum atomic E-state index is 9.22. The molecular formula is C6H12O5. The third kappa shape index (κ3) is 1.88. The van der Waals surface area contributed by atoms with E-state index in [1.54, 1.807) is 0 Å². The van der Waals surface area contributed by atoms with Crippen molar-refractivity contribution in [1.29, 1.82) is 0 Å². The summed E-state index contributed by atoms with van der Waals surface area (Å²) in [6.45, 7) is -0.727. The van der Waals surface area contributed by atoms with Crippen LogP contribution < -0.4 is 0 Å². The van der Waals surface area contributed by atoms with Crippen LogP contribution in [0, 0.1) is 0 Å². The quantitative estimate of drug-likeness (QED) is 0.353. The number of ether oxygens (including phenoxy) is 1. The van der Waals surface area contributed by atoms with Crippen LogP contribution in [0.5, 0.6) is 0 Å². The van der Waals surface area contributed by atoms with Crippen molar-refractivity contribution < 1.29 is 25.2 Å². The summed E-state index contributed by atoms with van der Waals surface area (Å²) in [5.41, 5.74) is 0. The fourth-order valence-electron chi connectivity index (χ4n) is 0.984. The predicted octanol–water partition coefficient (Wildman–Crippen LogP) is -2.19. The molecule has 0 aliphatic carbocycles. The maximum Gasteiger partial charge on any atom is 0.191 e. The molecule has 0 aromatic heterocycles. The second-order valence-corrected chi connectivity index (χ2v) is 2.75. The topological polar surface area (TPSA) is 90.2 Å². The summed E-state index contributed by atoms with van der Waals surface area (Å²) in [6, 6.07) is 0. The highest BCUT2D eigenvalue weighted by Crippen LogP contribution is 2.21. The molecule has 0 spiro atoms. The molecule has 1 rings (SSSR count). The van der Waals surface area contributed by atoms with Crippen LogP contribution >= 0.6 is 0 Å². The molecule has 0 radical (unpaired) electrons. The zero-order valence-electron chi connectivity index (χ0n) is 5.97. The number of hydrogen-bond donors (Lipinski definition) is 4. The van der Waals surface area contributed by atoms with Crippen LogP contribution in [0.1, 0.15) is 6.42 Å². The minimum absolute atomic E-state index is 0.155. The van der Waals surface area contributed by atoms with Crippen LogP contribution in [0.15, 0.2) is 0 Å². The van der Waals surface area contributed by atoms with Gasteiger partial charge in [-0.2, -0.15) is 0 Å². The van der Waals surface area contributed by atoms with E-state index in [0.717, 1.165) is 0 Å². The standard InChI is InChI=1S/C6H12O5/c7-3-6(10)1-4(8)5(9)2-11-6/h4-5,7-10H,1-3H2/t4-,5+,6+/m0/s1. The highest BCUT2D eigenvalue weighted by Gasteiger charge is 2.38. The van der Waals surface area contributed by atoms with Gasteiger partial charge in [0.25, 0.3) is 0 Å². The molecule has 1 aliphatic heterocycles. The van der Waals surface area contributed by atoms with Crippen molar-refractivity contribution in [2.24, 2.45) is 0 Å². The highest BCUT2D eigenvalue weighted by molar-refractivity contribution is 4.81. The monoisotopic (exact) mass is 164 g/mol. The normalized spacial score (nSPS) is 45.8. The molecule has 1 saturated heterocycles. The molecule has 0 aromatic carbocycles. The van der Waals surface area contributed by atoms with E-state index in [9.17, 15) is 5.11 Å². The fourth-order valence-corrected chi connectivity index (χ4v) is 0.984. The highest BCUT2D eigenvalue weighted by atomic mass is 16.6. The van der Waals surface area contributed by atoms with Gasteiger partial charge in [0.15, 0.2) is 5.79 Å². The summed E-state index contributed by atoms with van der Waals surface area (Å²) in [5, 5.41) is 35.8. The third-order valence-electron chi connectivity index (χ3n) is 1.74. The summed E-state index contributed by atoms with van der Waals surface area (Å²) in [6.07, 6.45) is -2.16. The average molecular weight is 164 g/mol. The lowest BCUT2D eigenvalue weighted by atomic mass is 10.0. The van der Waals surface area contributed by atoms with Gasteiger partial charge in [0.05, 0.1) is 19.3 Å². The Kier molecular flexibility index (Phi) is 2.46. The molecule has 66 valence electrons. The van der Waals surface area contributed by atoms with Gasteiger partial charge in [-0.15, -0.1) is 0 Å². The molecule has 3 atom stereocenters. The van der Waals surface area contributed by atoms with Gasteiger partial charge in [0.2, 0.25) is 0 Å². The van der Waals surface area contributed by atoms with Crippen molar-refractivity contribution in [2.75, 3.05) is 13.2 Å². The van der Waals surface area contributed by atoms with Crippen LogP contribution in [0.3, 0.4) is 0 Å². The molecule has 0 unspecified atom stereocenters.